The summed E-state index contributed by atoms with van der Waals surface area (Å²) in [7, 11) is 0. The van der Waals surface area contributed by atoms with Crippen LogP contribution in [0.1, 0.15) is 57.6 Å². The largest absolute Gasteiger partial charge is 0.511 e. The van der Waals surface area contributed by atoms with E-state index < -0.39 is 23.2 Å². The second-order valence-corrected chi connectivity index (χ2v) is 9.66. The SMILES string of the molecule is CC1(C)OC(C)(C)C(OC(=O)O)=C(c2cc(-c3ccc(Cl)cc3F)ccc2C2CC2)C1=O. The molecule has 4 rings (SSSR count). The maximum atomic E-state index is 14.7. The van der Waals surface area contributed by atoms with Crippen molar-refractivity contribution in [3.63, 3.8) is 0 Å². The van der Waals surface area contributed by atoms with Crippen molar-refractivity contribution >= 4 is 29.1 Å². The molecule has 0 aromatic heterocycles. The van der Waals surface area contributed by atoms with Gasteiger partial charge in [0.15, 0.2) is 11.5 Å². The fourth-order valence-electron chi connectivity index (χ4n) is 4.36. The highest BCUT2D eigenvalue weighted by Gasteiger charge is 2.49. The predicted molar refractivity (Wildman–Crippen MR) is 119 cm³/mol. The van der Waals surface area contributed by atoms with Gasteiger partial charge in [0, 0.05) is 10.6 Å². The van der Waals surface area contributed by atoms with Crippen molar-refractivity contribution < 1.29 is 28.6 Å². The molecule has 1 aliphatic carbocycles. The Bertz CT molecular complexity index is 1160. The molecule has 32 heavy (non-hydrogen) atoms. The smallest absolute Gasteiger partial charge is 0.449 e. The van der Waals surface area contributed by atoms with Crippen LogP contribution >= 0.6 is 11.6 Å². The molecule has 0 bridgehead atoms. The van der Waals surface area contributed by atoms with Crippen molar-refractivity contribution in [3.8, 4) is 11.1 Å². The van der Waals surface area contributed by atoms with E-state index in [1.807, 2.05) is 12.1 Å². The molecule has 1 saturated carbocycles. The molecule has 0 radical (unpaired) electrons. The number of carbonyl (C=O) groups excluding carboxylic acids is 1. The molecule has 168 valence electrons. The van der Waals surface area contributed by atoms with E-state index in [0.717, 1.165) is 18.4 Å². The number of Topliss-reactive ketones (excluding diaryl/α,β-unsaturated/α-hetero) is 1. The van der Waals surface area contributed by atoms with Gasteiger partial charge in [0.25, 0.3) is 0 Å². The third-order valence-electron chi connectivity index (χ3n) is 5.83. The van der Waals surface area contributed by atoms with Gasteiger partial charge in [0.2, 0.25) is 0 Å². The molecule has 7 heteroatoms. The first-order chi connectivity index (χ1) is 14.9. The number of ether oxygens (including phenoxy) is 2. The van der Waals surface area contributed by atoms with E-state index >= 15 is 0 Å². The molecule has 0 atom stereocenters. The van der Waals surface area contributed by atoms with Gasteiger partial charge in [-0.25, -0.2) is 9.18 Å². The van der Waals surface area contributed by atoms with Gasteiger partial charge in [-0.1, -0.05) is 23.7 Å². The molecule has 1 fully saturated rings. The summed E-state index contributed by atoms with van der Waals surface area (Å²) in [6.45, 7) is 6.63. The van der Waals surface area contributed by atoms with Crippen LogP contribution in [-0.2, 0) is 14.3 Å². The zero-order valence-electron chi connectivity index (χ0n) is 18.3. The number of carbonyl (C=O) groups is 2. The monoisotopic (exact) mass is 458 g/mol. The molecule has 1 N–H and O–H groups in total. The zero-order valence-corrected chi connectivity index (χ0v) is 19.0. The summed E-state index contributed by atoms with van der Waals surface area (Å²) in [5.74, 6) is -0.694. The van der Waals surface area contributed by atoms with E-state index in [1.165, 1.54) is 6.07 Å². The van der Waals surface area contributed by atoms with E-state index in [4.69, 9.17) is 21.1 Å². The average Bonchev–Trinajstić information content (AvgIpc) is 3.50. The minimum absolute atomic E-state index is 0.0649. The van der Waals surface area contributed by atoms with Crippen LogP contribution in [-0.4, -0.2) is 28.2 Å². The first-order valence-electron chi connectivity index (χ1n) is 10.4. The van der Waals surface area contributed by atoms with E-state index in [0.29, 0.717) is 16.7 Å². The maximum absolute atomic E-state index is 14.7. The molecule has 2 aliphatic rings. The topological polar surface area (TPSA) is 72.8 Å². The quantitative estimate of drug-likeness (QED) is 0.523. The molecule has 1 aliphatic heterocycles. The van der Waals surface area contributed by atoms with E-state index in [1.54, 1.807) is 45.9 Å². The van der Waals surface area contributed by atoms with Crippen molar-refractivity contribution in [1.29, 1.82) is 0 Å². The summed E-state index contributed by atoms with van der Waals surface area (Å²) >= 11 is 5.90. The van der Waals surface area contributed by atoms with Crippen LogP contribution in [0.4, 0.5) is 9.18 Å². The average molecular weight is 459 g/mol. The molecule has 1 heterocycles. The fourth-order valence-corrected chi connectivity index (χ4v) is 4.51. The van der Waals surface area contributed by atoms with Gasteiger partial charge in [-0.3, -0.25) is 4.79 Å². The molecular formula is C25H24ClFO5. The van der Waals surface area contributed by atoms with Crippen molar-refractivity contribution in [2.24, 2.45) is 0 Å². The number of hydrogen-bond donors (Lipinski definition) is 1. The Morgan fingerprint density at radius 2 is 1.78 bits per heavy atom. The Morgan fingerprint density at radius 1 is 1.09 bits per heavy atom. The van der Waals surface area contributed by atoms with Crippen molar-refractivity contribution in [2.75, 3.05) is 0 Å². The molecule has 0 spiro atoms. The Kier molecular flexibility index (Phi) is 5.42. The van der Waals surface area contributed by atoms with Crippen LogP contribution < -0.4 is 0 Å². The second kappa shape index (κ2) is 7.71. The van der Waals surface area contributed by atoms with E-state index in [-0.39, 0.29) is 28.1 Å². The number of rotatable bonds is 4. The Balaban J connectivity index is 2.00. The lowest BCUT2D eigenvalue weighted by atomic mass is 9.80. The molecule has 0 amide bonds. The number of carboxylic acid groups (broad SMARTS) is 1. The first kappa shape index (κ1) is 22.5. The van der Waals surface area contributed by atoms with Gasteiger partial charge in [-0.15, -0.1) is 0 Å². The van der Waals surface area contributed by atoms with E-state index in [2.05, 4.69) is 0 Å². The van der Waals surface area contributed by atoms with Crippen molar-refractivity contribution in [2.45, 2.75) is 57.7 Å². The van der Waals surface area contributed by atoms with Gasteiger partial charge in [-0.05, 0) is 87.4 Å². The van der Waals surface area contributed by atoms with Gasteiger partial charge >= 0.3 is 6.16 Å². The Hall–Kier alpha value is -2.70. The summed E-state index contributed by atoms with van der Waals surface area (Å²) in [4.78, 5) is 25.0. The number of hydrogen-bond acceptors (Lipinski definition) is 4. The summed E-state index contributed by atoms with van der Waals surface area (Å²) in [5, 5.41) is 9.66. The number of halogens is 2. The van der Waals surface area contributed by atoms with Crippen LogP contribution in [0.25, 0.3) is 16.7 Å². The minimum Gasteiger partial charge on any atom is -0.449 e. The highest BCUT2D eigenvalue weighted by atomic mass is 35.5. The normalized spacial score (nSPS) is 19.8. The minimum atomic E-state index is -1.53. The highest BCUT2D eigenvalue weighted by Crippen LogP contribution is 2.48. The van der Waals surface area contributed by atoms with Crippen LogP contribution in [0.3, 0.4) is 0 Å². The van der Waals surface area contributed by atoms with Crippen LogP contribution in [0, 0.1) is 5.82 Å². The lowest BCUT2D eigenvalue weighted by Crippen LogP contribution is -2.50. The summed E-state index contributed by atoms with van der Waals surface area (Å²) in [5.41, 5.74) is 0.122. The van der Waals surface area contributed by atoms with Gasteiger partial charge in [-0.2, -0.15) is 0 Å². The van der Waals surface area contributed by atoms with Crippen molar-refractivity contribution in [1.82, 2.24) is 0 Å². The third-order valence-corrected chi connectivity index (χ3v) is 6.06. The molecule has 2 aromatic carbocycles. The predicted octanol–water partition coefficient (Wildman–Crippen LogP) is 6.59. The standard InChI is InChI=1S/C25H24ClFO5/c1-24(2)21(28)20(22(31-23(29)30)25(3,4)32-24)18-11-14(7-9-16(18)13-5-6-13)17-10-8-15(26)12-19(17)27/h7-13H,5-6H2,1-4H3,(H,29,30). The summed E-state index contributed by atoms with van der Waals surface area (Å²) < 4.78 is 25.7. The van der Waals surface area contributed by atoms with Gasteiger partial charge in [0.05, 0.1) is 5.57 Å². The van der Waals surface area contributed by atoms with Crippen molar-refractivity contribution in [3.05, 3.63) is 64.1 Å². The first-order valence-corrected chi connectivity index (χ1v) is 10.8. The Labute approximate surface area is 190 Å². The van der Waals surface area contributed by atoms with Gasteiger partial charge < -0.3 is 14.6 Å². The fraction of sp³-hybridized carbons (Fsp3) is 0.360. The maximum Gasteiger partial charge on any atom is 0.511 e. The lowest BCUT2D eigenvalue weighted by Gasteiger charge is -2.41. The highest BCUT2D eigenvalue weighted by molar-refractivity contribution is 6.30. The number of ketones is 1. The molecule has 2 aromatic rings. The molecular weight excluding hydrogens is 435 g/mol. The van der Waals surface area contributed by atoms with E-state index in [9.17, 15) is 19.1 Å². The Morgan fingerprint density at radius 3 is 2.38 bits per heavy atom. The summed E-state index contributed by atoms with van der Waals surface area (Å²) in [6.07, 6.45) is 0.387. The lowest BCUT2D eigenvalue weighted by molar-refractivity contribution is -0.158. The van der Waals surface area contributed by atoms with Crippen LogP contribution in [0.5, 0.6) is 0 Å². The molecule has 0 saturated heterocycles. The second-order valence-electron chi connectivity index (χ2n) is 9.22. The van der Waals surface area contributed by atoms with Crippen LogP contribution in [0.15, 0.2) is 42.2 Å². The zero-order chi connectivity index (χ0) is 23.4. The molecule has 0 unspecified atom stereocenters. The molecule has 5 nitrogen and oxygen atoms in total. The summed E-state index contributed by atoms with van der Waals surface area (Å²) in [6, 6.07) is 9.83. The number of benzene rings is 2. The third kappa shape index (κ3) is 4.05. The van der Waals surface area contributed by atoms with Crippen LogP contribution in [0.2, 0.25) is 5.02 Å². The van der Waals surface area contributed by atoms with Gasteiger partial charge in [0.1, 0.15) is 17.0 Å².